The molecule has 3 saturated carbocycles. The predicted molar refractivity (Wildman–Crippen MR) is 127 cm³/mol. The first-order valence-corrected chi connectivity index (χ1v) is 12.9. The number of ketones is 2. The van der Waals surface area contributed by atoms with Crippen molar-refractivity contribution in [2.45, 2.75) is 79.6 Å². The Balaban J connectivity index is 1.63. The van der Waals surface area contributed by atoms with Crippen LogP contribution in [0.15, 0.2) is 23.3 Å². The lowest BCUT2D eigenvalue weighted by atomic mass is 9.39. The quantitative estimate of drug-likeness (QED) is 0.580. The van der Waals surface area contributed by atoms with Gasteiger partial charge in [-0.2, -0.15) is 5.26 Å². The summed E-state index contributed by atoms with van der Waals surface area (Å²) in [7, 11) is 0. The maximum Gasteiger partial charge on any atom is 0.178 e. The summed E-state index contributed by atoms with van der Waals surface area (Å²) in [6.45, 7) is 11.4. The molecule has 5 aliphatic rings. The van der Waals surface area contributed by atoms with Gasteiger partial charge >= 0.3 is 0 Å². The van der Waals surface area contributed by atoms with Gasteiger partial charge in [-0.15, -0.1) is 0 Å². The molecular weight excluding hydrogens is 410 g/mol. The van der Waals surface area contributed by atoms with Crippen molar-refractivity contribution in [1.29, 1.82) is 5.26 Å². The average Bonchev–Trinajstić information content (AvgIpc) is 2.75. The Labute approximate surface area is 198 Å². The van der Waals surface area contributed by atoms with Crippen molar-refractivity contribution in [3.8, 4) is 6.07 Å². The van der Waals surface area contributed by atoms with Crippen molar-refractivity contribution in [3.63, 3.8) is 0 Å². The molecule has 0 saturated heterocycles. The number of carbonyl (C=O) groups excluding carboxylic acids is 2. The molecule has 33 heavy (non-hydrogen) atoms. The number of carbonyl (C=O) groups is 2. The molecule has 8 atom stereocenters. The fraction of sp³-hybridized carbons (Fsp3) is 0.759. The van der Waals surface area contributed by atoms with Gasteiger partial charge in [-0.05, 0) is 85.0 Å². The number of aliphatic hydroxyl groups excluding tert-OH is 1. The van der Waals surface area contributed by atoms with E-state index >= 15 is 0 Å². The van der Waals surface area contributed by atoms with Gasteiger partial charge in [0, 0.05) is 11.3 Å². The van der Waals surface area contributed by atoms with Gasteiger partial charge in [0.1, 0.15) is 6.07 Å². The van der Waals surface area contributed by atoms with E-state index in [9.17, 15) is 20.0 Å². The van der Waals surface area contributed by atoms with Crippen molar-refractivity contribution < 1.29 is 14.7 Å². The molecule has 5 aliphatic carbocycles. The van der Waals surface area contributed by atoms with Gasteiger partial charge in [-0.1, -0.05) is 46.3 Å². The van der Waals surface area contributed by atoms with Gasteiger partial charge in [-0.25, -0.2) is 0 Å². The van der Waals surface area contributed by atoms with Crippen LogP contribution in [-0.2, 0) is 9.59 Å². The normalized spacial score (nSPS) is 48.3. The molecule has 0 aromatic carbocycles. The van der Waals surface area contributed by atoms with Crippen LogP contribution >= 0.6 is 0 Å². The number of hydrogen-bond acceptors (Lipinski definition) is 4. The Kier molecular flexibility index (Phi) is 4.98. The SMILES string of the molecule is CC1(C)CCC2(C)CCC3C(C(=O)C=C4C5(C)C=C(C#N)C(=O)C(CO)C5CCC43C)C2C1. The van der Waals surface area contributed by atoms with Crippen LogP contribution in [0, 0.1) is 62.6 Å². The van der Waals surface area contributed by atoms with Crippen LogP contribution in [-0.4, -0.2) is 23.3 Å². The Morgan fingerprint density at radius 3 is 2.36 bits per heavy atom. The van der Waals surface area contributed by atoms with Gasteiger partial charge in [-0.3, -0.25) is 9.59 Å². The zero-order valence-electron chi connectivity index (χ0n) is 20.9. The second kappa shape index (κ2) is 7.14. The zero-order valence-corrected chi connectivity index (χ0v) is 20.9. The third-order valence-corrected chi connectivity index (χ3v) is 11.2. The van der Waals surface area contributed by atoms with Crippen molar-refractivity contribution in [2.75, 3.05) is 6.61 Å². The summed E-state index contributed by atoms with van der Waals surface area (Å²) in [5, 5.41) is 19.8. The molecule has 0 heterocycles. The smallest absolute Gasteiger partial charge is 0.178 e. The first-order valence-electron chi connectivity index (χ1n) is 12.9. The number of aliphatic hydroxyl groups is 1. The largest absolute Gasteiger partial charge is 0.396 e. The summed E-state index contributed by atoms with van der Waals surface area (Å²) in [5.41, 5.74) is 1.16. The lowest BCUT2D eigenvalue weighted by Gasteiger charge is -2.64. The Hall–Kier alpha value is -1.73. The fourth-order valence-corrected chi connectivity index (χ4v) is 9.18. The van der Waals surface area contributed by atoms with Crippen LogP contribution in [0.4, 0.5) is 0 Å². The summed E-state index contributed by atoms with van der Waals surface area (Å²) < 4.78 is 0. The first-order chi connectivity index (χ1) is 15.4. The fourth-order valence-electron chi connectivity index (χ4n) is 9.18. The molecule has 8 unspecified atom stereocenters. The van der Waals surface area contributed by atoms with Crippen LogP contribution in [0.25, 0.3) is 0 Å². The number of allylic oxidation sites excluding steroid dienone is 4. The number of rotatable bonds is 1. The number of hydrogen-bond donors (Lipinski definition) is 1. The molecule has 4 nitrogen and oxygen atoms in total. The summed E-state index contributed by atoms with van der Waals surface area (Å²) in [4.78, 5) is 26.8. The van der Waals surface area contributed by atoms with Gasteiger partial charge in [0.05, 0.1) is 18.1 Å². The minimum atomic E-state index is -0.554. The van der Waals surface area contributed by atoms with Crippen molar-refractivity contribution in [3.05, 3.63) is 23.3 Å². The molecule has 0 aromatic heterocycles. The first kappa shape index (κ1) is 23.0. The highest BCUT2D eigenvalue weighted by Gasteiger charge is 2.63. The molecule has 0 aliphatic heterocycles. The van der Waals surface area contributed by atoms with Crippen molar-refractivity contribution in [2.24, 2.45) is 51.2 Å². The van der Waals surface area contributed by atoms with E-state index in [-0.39, 0.29) is 51.8 Å². The summed E-state index contributed by atoms with van der Waals surface area (Å²) in [6.07, 6.45) is 11.4. The van der Waals surface area contributed by atoms with Gasteiger partial charge < -0.3 is 5.11 Å². The Bertz CT molecular complexity index is 1010. The van der Waals surface area contributed by atoms with Gasteiger partial charge in [0.25, 0.3) is 0 Å². The lowest BCUT2D eigenvalue weighted by Crippen LogP contribution is -2.59. The highest BCUT2D eigenvalue weighted by molar-refractivity contribution is 6.02. The highest BCUT2D eigenvalue weighted by atomic mass is 16.3. The lowest BCUT2D eigenvalue weighted by molar-refractivity contribution is -0.144. The number of Topliss-reactive ketones (excluding diaryl/α,β-unsaturated/α-hetero) is 1. The van der Waals surface area contributed by atoms with Crippen LogP contribution in [0.5, 0.6) is 0 Å². The molecule has 5 rings (SSSR count). The number of fused-ring (bicyclic) bond motifs is 7. The van der Waals surface area contributed by atoms with E-state index in [1.807, 2.05) is 12.2 Å². The van der Waals surface area contributed by atoms with Gasteiger partial charge in [0.2, 0.25) is 0 Å². The minimum Gasteiger partial charge on any atom is -0.396 e. The summed E-state index contributed by atoms with van der Waals surface area (Å²) in [6, 6.07) is 2.09. The van der Waals surface area contributed by atoms with E-state index in [4.69, 9.17) is 0 Å². The third kappa shape index (κ3) is 3.04. The number of nitriles is 1. The van der Waals surface area contributed by atoms with E-state index in [1.165, 1.54) is 19.3 Å². The molecule has 4 heteroatoms. The molecule has 1 N–H and O–H groups in total. The Morgan fingerprint density at radius 2 is 1.70 bits per heavy atom. The molecule has 0 aromatic rings. The second-order valence-corrected chi connectivity index (χ2v) is 13.4. The maximum absolute atomic E-state index is 13.9. The monoisotopic (exact) mass is 449 g/mol. The standard InChI is InChI=1S/C29H39NO3/c1-26(2)10-11-27(3)8-6-20-24(21(27)14-26)22(32)12-23-28(20,4)9-7-19-18(16-31)25(33)17(15-30)13-29(19,23)5/h12-13,18-21,24,31H,6-11,14,16H2,1-5H3. The predicted octanol–water partition coefficient (Wildman–Crippen LogP) is 5.42. The summed E-state index contributed by atoms with van der Waals surface area (Å²) in [5.74, 6) is 0.252. The van der Waals surface area contributed by atoms with Crippen LogP contribution in [0.2, 0.25) is 0 Å². The van der Waals surface area contributed by atoms with E-state index in [0.717, 1.165) is 31.3 Å². The summed E-state index contributed by atoms with van der Waals surface area (Å²) >= 11 is 0. The van der Waals surface area contributed by atoms with Crippen LogP contribution in [0.3, 0.4) is 0 Å². The molecule has 0 amide bonds. The van der Waals surface area contributed by atoms with Crippen LogP contribution < -0.4 is 0 Å². The molecule has 0 radical (unpaired) electrons. The molecule has 3 fully saturated rings. The van der Waals surface area contributed by atoms with Gasteiger partial charge in [0.15, 0.2) is 11.6 Å². The van der Waals surface area contributed by atoms with E-state index in [1.54, 1.807) is 0 Å². The average molecular weight is 450 g/mol. The third-order valence-electron chi connectivity index (χ3n) is 11.2. The van der Waals surface area contributed by atoms with Crippen LogP contribution in [0.1, 0.15) is 79.6 Å². The minimum absolute atomic E-state index is 0.0572. The molecule has 0 spiro atoms. The number of nitrogens with zero attached hydrogens (tertiary/aromatic N) is 1. The second-order valence-electron chi connectivity index (χ2n) is 13.4. The maximum atomic E-state index is 13.9. The zero-order chi connectivity index (χ0) is 24.0. The highest BCUT2D eigenvalue weighted by Crippen LogP contribution is 2.69. The molecular formula is C29H39NO3. The van der Waals surface area contributed by atoms with E-state index in [2.05, 4.69) is 40.7 Å². The van der Waals surface area contributed by atoms with Crippen molar-refractivity contribution >= 4 is 11.6 Å². The van der Waals surface area contributed by atoms with E-state index < -0.39 is 11.3 Å². The van der Waals surface area contributed by atoms with Crippen molar-refractivity contribution in [1.82, 2.24) is 0 Å². The van der Waals surface area contributed by atoms with E-state index in [0.29, 0.717) is 11.8 Å². The molecule has 178 valence electrons. The molecule has 0 bridgehead atoms. The Morgan fingerprint density at radius 1 is 1.00 bits per heavy atom. The topological polar surface area (TPSA) is 78.2 Å².